The molecule has 1 aromatic carbocycles. The number of benzene rings is 1. The Morgan fingerprint density at radius 2 is 1.85 bits per heavy atom. The second-order valence-corrected chi connectivity index (χ2v) is 7.30. The third-order valence-corrected chi connectivity index (χ3v) is 3.90. The monoisotopic (exact) mass is 384 g/mol. The Labute approximate surface area is 161 Å². The van der Waals surface area contributed by atoms with Gasteiger partial charge in [-0.05, 0) is 57.2 Å². The molecule has 2 aromatic heterocycles. The number of hydrogen-bond donors (Lipinski definition) is 0. The number of hydrogen-bond acceptors (Lipinski definition) is 6. The Morgan fingerprint density at radius 1 is 1.19 bits per heavy atom. The van der Waals surface area contributed by atoms with Crippen molar-refractivity contribution >= 4 is 17.6 Å². The topological polar surface area (TPSA) is 93.9 Å². The van der Waals surface area contributed by atoms with Gasteiger partial charge in [0.15, 0.2) is 17.1 Å². The van der Waals surface area contributed by atoms with Crippen molar-refractivity contribution in [3.8, 4) is 28.8 Å². The van der Waals surface area contributed by atoms with Crippen molar-refractivity contribution in [2.45, 2.75) is 27.5 Å². The van der Waals surface area contributed by atoms with Crippen LogP contribution in [0.25, 0.3) is 22.8 Å². The van der Waals surface area contributed by atoms with Gasteiger partial charge in [0.1, 0.15) is 11.8 Å². The zero-order chi connectivity index (χ0) is 19.6. The average Bonchev–Trinajstić information content (AvgIpc) is 3.26. The molecular weight excluding hydrogens is 368 g/mol. The van der Waals surface area contributed by atoms with Gasteiger partial charge in [-0.2, -0.15) is 5.26 Å². The SMILES string of the molecule is CC(C)(C)C(=O)OCn1nc(C#N)c(-c2ccc(-c3ccc(Cl)cc3)o2)n1. The van der Waals surface area contributed by atoms with Crippen molar-refractivity contribution in [2.75, 3.05) is 0 Å². The molecule has 0 radical (unpaired) electrons. The molecule has 7 nitrogen and oxygen atoms in total. The third kappa shape index (κ3) is 4.18. The fraction of sp³-hybridized carbons (Fsp3) is 0.263. The van der Waals surface area contributed by atoms with E-state index in [0.717, 1.165) is 10.4 Å². The number of furan rings is 1. The molecule has 0 amide bonds. The Kier molecular flexibility index (Phi) is 5.02. The number of nitriles is 1. The van der Waals surface area contributed by atoms with Crippen molar-refractivity contribution in [3.63, 3.8) is 0 Å². The molecule has 0 spiro atoms. The first-order valence-electron chi connectivity index (χ1n) is 8.16. The zero-order valence-corrected chi connectivity index (χ0v) is 15.8. The van der Waals surface area contributed by atoms with E-state index in [1.54, 1.807) is 45.0 Å². The Hall–Kier alpha value is -3.11. The molecule has 0 saturated heterocycles. The predicted octanol–water partition coefficient (Wildman–Crippen LogP) is 4.28. The van der Waals surface area contributed by atoms with Crippen molar-refractivity contribution < 1.29 is 13.9 Å². The fourth-order valence-electron chi connectivity index (χ4n) is 2.21. The number of ether oxygens (including phenoxy) is 1. The lowest BCUT2D eigenvalue weighted by Crippen LogP contribution is -2.24. The first-order chi connectivity index (χ1) is 12.8. The summed E-state index contributed by atoms with van der Waals surface area (Å²) in [4.78, 5) is 13.0. The van der Waals surface area contributed by atoms with Crippen molar-refractivity contribution in [3.05, 3.63) is 47.1 Å². The fourth-order valence-corrected chi connectivity index (χ4v) is 2.34. The van der Waals surface area contributed by atoms with Crippen LogP contribution >= 0.6 is 11.6 Å². The molecule has 0 saturated carbocycles. The minimum absolute atomic E-state index is 0.0822. The van der Waals surface area contributed by atoms with E-state index in [2.05, 4.69) is 10.2 Å². The average molecular weight is 385 g/mol. The second kappa shape index (κ2) is 7.25. The Bertz CT molecular complexity index is 1010. The molecule has 138 valence electrons. The molecule has 0 bridgehead atoms. The minimum Gasteiger partial charge on any atom is -0.454 e. The lowest BCUT2D eigenvalue weighted by atomic mass is 9.98. The summed E-state index contributed by atoms with van der Waals surface area (Å²) in [7, 11) is 0. The maximum Gasteiger partial charge on any atom is 0.313 e. The van der Waals surface area contributed by atoms with E-state index in [0.29, 0.717) is 16.5 Å². The molecule has 0 N–H and O–H groups in total. The largest absolute Gasteiger partial charge is 0.454 e. The summed E-state index contributed by atoms with van der Waals surface area (Å²) in [5, 5.41) is 18.2. The number of halogens is 1. The Balaban J connectivity index is 1.83. The summed E-state index contributed by atoms with van der Waals surface area (Å²) in [5.74, 6) is 0.618. The third-order valence-electron chi connectivity index (χ3n) is 3.65. The van der Waals surface area contributed by atoms with Gasteiger partial charge in [-0.25, -0.2) is 0 Å². The Morgan fingerprint density at radius 3 is 2.48 bits per heavy atom. The zero-order valence-electron chi connectivity index (χ0n) is 15.1. The lowest BCUT2D eigenvalue weighted by Gasteiger charge is -2.15. The first kappa shape index (κ1) is 18.7. The van der Waals surface area contributed by atoms with Crippen LogP contribution in [0.15, 0.2) is 40.8 Å². The molecule has 8 heteroatoms. The van der Waals surface area contributed by atoms with Gasteiger partial charge < -0.3 is 9.15 Å². The van der Waals surface area contributed by atoms with E-state index in [4.69, 9.17) is 20.8 Å². The summed E-state index contributed by atoms with van der Waals surface area (Å²) in [6.07, 6.45) is 0. The summed E-state index contributed by atoms with van der Waals surface area (Å²) in [5.41, 5.74) is 0.571. The van der Waals surface area contributed by atoms with Crippen LogP contribution in [0.2, 0.25) is 5.02 Å². The van der Waals surface area contributed by atoms with Gasteiger partial charge in [0.25, 0.3) is 0 Å². The molecule has 2 heterocycles. The van der Waals surface area contributed by atoms with Crippen LogP contribution in [0.1, 0.15) is 26.5 Å². The van der Waals surface area contributed by atoms with E-state index in [1.165, 1.54) is 0 Å². The quantitative estimate of drug-likeness (QED) is 0.623. The van der Waals surface area contributed by atoms with Crippen LogP contribution < -0.4 is 0 Å². The molecule has 0 unspecified atom stereocenters. The molecular formula is C19H17ClN4O3. The number of esters is 1. The van der Waals surface area contributed by atoms with E-state index < -0.39 is 5.41 Å². The molecule has 0 aliphatic carbocycles. The number of nitrogens with zero attached hydrogens (tertiary/aromatic N) is 4. The van der Waals surface area contributed by atoms with Gasteiger partial charge in [0, 0.05) is 10.6 Å². The molecule has 0 fully saturated rings. The highest BCUT2D eigenvalue weighted by molar-refractivity contribution is 6.30. The van der Waals surface area contributed by atoms with Crippen LogP contribution in [-0.4, -0.2) is 21.0 Å². The highest BCUT2D eigenvalue weighted by atomic mass is 35.5. The standard InChI is InChI=1S/C19H17ClN4O3/c1-19(2,3)18(25)26-11-24-22-14(10-21)17(23-24)16-9-8-15(27-16)12-4-6-13(20)7-5-12/h4-9H,11H2,1-3H3. The number of carbonyl (C=O) groups excluding carboxylic acids is 1. The summed E-state index contributed by atoms with van der Waals surface area (Å²) >= 11 is 5.90. The van der Waals surface area contributed by atoms with Gasteiger partial charge in [0.05, 0.1) is 5.41 Å². The lowest BCUT2D eigenvalue weighted by molar-refractivity contribution is -0.157. The number of carbonyl (C=O) groups is 1. The van der Waals surface area contributed by atoms with Crippen LogP contribution in [0.3, 0.4) is 0 Å². The van der Waals surface area contributed by atoms with Crippen molar-refractivity contribution in [1.29, 1.82) is 5.26 Å². The van der Waals surface area contributed by atoms with Crippen molar-refractivity contribution in [1.82, 2.24) is 15.0 Å². The van der Waals surface area contributed by atoms with Gasteiger partial charge >= 0.3 is 5.97 Å². The summed E-state index contributed by atoms with van der Waals surface area (Å²) in [6, 6.07) is 12.7. The highest BCUT2D eigenvalue weighted by Gasteiger charge is 2.24. The van der Waals surface area contributed by atoms with Crippen LogP contribution in [-0.2, 0) is 16.3 Å². The molecule has 27 heavy (non-hydrogen) atoms. The van der Waals surface area contributed by atoms with Gasteiger partial charge in [-0.3, -0.25) is 4.79 Å². The maximum absolute atomic E-state index is 11.9. The maximum atomic E-state index is 11.9. The smallest absolute Gasteiger partial charge is 0.313 e. The van der Waals surface area contributed by atoms with E-state index >= 15 is 0 Å². The van der Waals surface area contributed by atoms with E-state index in [-0.39, 0.29) is 24.1 Å². The second-order valence-electron chi connectivity index (χ2n) is 6.86. The molecule has 0 aliphatic rings. The van der Waals surface area contributed by atoms with Gasteiger partial charge in [0.2, 0.25) is 6.73 Å². The molecule has 0 aliphatic heterocycles. The number of rotatable bonds is 4. The molecule has 3 aromatic rings. The first-order valence-corrected chi connectivity index (χ1v) is 8.54. The highest BCUT2D eigenvalue weighted by Crippen LogP contribution is 2.29. The van der Waals surface area contributed by atoms with E-state index in [9.17, 15) is 10.1 Å². The van der Waals surface area contributed by atoms with Crippen LogP contribution in [0.5, 0.6) is 0 Å². The van der Waals surface area contributed by atoms with Crippen LogP contribution in [0.4, 0.5) is 0 Å². The normalized spacial score (nSPS) is 11.2. The number of aromatic nitrogens is 3. The minimum atomic E-state index is -0.636. The summed E-state index contributed by atoms with van der Waals surface area (Å²) < 4.78 is 11.0. The predicted molar refractivity (Wildman–Crippen MR) is 98.4 cm³/mol. The van der Waals surface area contributed by atoms with Gasteiger partial charge in [-0.15, -0.1) is 15.0 Å². The van der Waals surface area contributed by atoms with Crippen LogP contribution in [0, 0.1) is 16.7 Å². The summed E-state index contributed by atoms with van der Waals surface area (Å²) in [6.45, 7) is 5.06. The van der Waals surface area contributed by atoms with Crippen molar-refractivity contribution in [2.24, 2.45) is 5.41 Å². The van der Waals surface area contributed by atoms with Gasteiger partial charge in [-0.1, -0.05) is 11.6 Å². The molecule has 3 rings (SSSR count). The molecule has 0 atom stereocenters. The van der Waals surface area contributed by atoms with E-state index in [1.807, 2.05) is 18.2 Å².